The molecule has 1 aliphatic rings. The number of carbonyl (C=O) groups excluding carboxylic acids is 1. The van der Waals surface area contributed by atoms with Crippen molar-refractivity contribution in [2.45, 2.75) is 36.6 Å². The Labute approximate surface area is 125 Å². The normalized spacial score (nSPS) is 16.2. The lowest BCUT2D eigenvalue weighted by Crippen LogP contribution is -2.48. The van der Waals surface area contributed by atoms with E-state index in [1.165, 1.54) is 0 Å². The Morgan fingerprint density at radius 2 is 2.05 bits per heavy atom. The summed E-state index contributed by atoms with van der Waals surface area (Å²) in [5.74, 6) is -0.936. The van der Waals surface area contributed by atoms with Gasteiger partial charge in [0, 0.05) is 18.5 Å². The predicted molar refractivity (Wildman–Crippen MR) is 69.9 cm³/mol. The van der Waals surface area contributed by atoms with E-state index in [4.69, 9.17) is 0 Å². The second-order valence-corrected chi connectivity index (χ2v) is 7.04. The first-order chi connectivity index (χ1) is 10.1. The largest absolute Gasteiger partial charge is 0.406 e. The monoisotopic (exact) mass is 337 g/mol. The highest BCUT2D eigenvalue weighted by atomic mass is 32.2. The smallest absolute Gasteiger partial charge is 0.325 e. The van der Waals surface area contributed by atoms with E-state index in [-0.39, 0.29) is 5.69 Å². The summed E-state index contributed by atoms with van der Waals surface area (Å²) in [6.07, 6.45) is -0.889. The van der Waals surface area contributed by atoms with E-state index in [0.717, 1.165) is 24.9 Å². The quantitative estimate of drug-likeness (QED) is 0.777. The van der Waals surface area contributed by atoms with Gasteiger partial charge in [0.15, 0.2) is 0 Å². The number of aromatic nitrogens is 2. The second-order valence-electron chi connectivity index (χ2n) is 5.13. The van der Waals surface area contributed by atoms with Crippen LogP contribution in [0.15, 0.2) is 17.4 Å². The first kappa shape index (κ1) is 16.7. The van der Waals surface area contributed by atoms with Crippen LogP contribution in [0.5, 0.6) is 0 Å². The van der Waals surface area contributed by atoms with Crippen LogP contribution in [0.25, 0.3) is 0 Å². The molecule has 1 saturated carbocycles. The van der Waals surface area contributed by atoms with Crippen LogP contribution in [0.3, 0.4) is 0 Å². The molecule has 2 rings (SSSR count). The molecule has 0 radical (unpaired) electrons. The van der Waals surface area contributed by atoms with Crippen LogP contribution in [0.4, 0.5) is 13.2 Å². The lowest BCUT2D eigenvalue weighted by Gasteiger charge is -2.37. The molecule has 0 unspecified atom stereocenters. The molecule has 0 aliphatic heterocycles. The van der Waals surface area contributed by atoms with Crippen LogP contribution in [0.1, 0.15) is 29.8 Å². The van der Waals surface area contributed by atoms with E-state index in [2.05, 4.69) is 9.97 Å². The lowest BCUT2D eigenvalue weighted by atomic mass is 9.91. The molecule has 0 aromatic carbocycles. The molecule has 0 saturated heterocycles. The van der Waals surface area contributed by atoms with Crippen molar-refractivity contribution in [3.63, 3.8) is 0 Å². The number of alkyl halides is 3. The molecule has 6 nitrogen and oxygen atoms in total. The van der Waals surface area contributed by atoms with Gasteiger partial charge in [-0.25, -0.2) is 18.4 Å². The Hall–Kier alpha value is -1.71. The van der Waals surface area contributed by atoms with Crippen LogP contribution in [0, 0.1) is 0 Å². The summed E-state index contributed by atoms with van der Waals surface area (Å²) in [5.41, 5.74) is -0.355. The summed E-state index contributed by atoms with van der Waals surface area (Å²) in [6, 6.07) is 0.616. The van der Waals surface area contributed by atoms with Gasteiger partial charge in [-0.1, -0.05) is 0 Å². The Bertz CT molecular complexity index is 672. The van der Waals surface area contributed by atoms with Crippen molar-refractivity contribution in [1.29, 1.82) is 0 Å². The first-order valence-electron chi connectivity index (χ1n) is 6.49. The number of hydrogen-bond acceptors (Lipinski definition) is 5. The van der Waals surface area contributed by atoms with E-state index in [9.17, 15) is 26.4 Å². The third-order valence-corrected chi connectivity index (χ3v) is 4.17. The van der Waals surface area contributed by atoms with Crippen LogP contribution in [-0.4, -0.2) is 54.2 Å². The van der Waals surface area contributed by atoms with Crippen molar-refractivity contribution in [2.24, 2.45) is 0 Å². The van der Waals surface area contributed by atoms with Gasteiger partial charge in [-0.2, -0.15) is 13.2 Å². The molecule has 1 fully saturated rings. The topological polar surface area (TPSA) is 80.2 Å². The Kier molecular flexibility index (Phi) is 4.41. The Morgan fingerprint density at radius 3 is 2.50 bits per heavy atom. The standard InChI is InChI=1S/C12H14F3N3O3S/c1-22(20,21)11-16-6-5-9(17-11)10(19)18(7-12(13,14)15)8-3-2-4-8/h5-6,8H,2-4,7H2,1H3. The van der Waals surface area contributed by atoms with E-state index in [0.29, 0.717) is 17.7 Å². The van der Waals surface area contributed by atoms with Crippen molar-refractivity contribution in [2.75, 3.05) is 12.8 Å². The number of rotatable bonds is 4. The average molecular weight is 337 g/mol. The second kappa shape index (κ2) is 5.82. The number of amides is 1. The third-order valence-electron chi connectivity index (χ3n) is 3.31. The summed E-state index contributed by atoms with van der Waals surface area (Å²) in [7, 11) is -3.75. The van der Waals surface area contributed by atoms with Crippen molar-refractivity contribution in [3.8, 4) is 0 Å². The predicted octanol–water partition coefficient (Wildman–Crippen LogP) is 1.44. The molecule has 0 spiro atoms. The summed E-state index contributed by atoms with van der Waals surface area (Å²) in [5, 5.41) is -0.584. The minimum Gasteiger partial charge on any atom is -0.325 e. The zero-order valence-corrected chi connectivity index (χ0v) is 12.5. The Morgan fingerprint density at radius 1 is 1.41 bits per heavy atom. The molecule has 10 heteroatoms. The fourth-order valence-corrected chi connectivity index (χ4v) is 2.56. The maximum atomic E-state index is 12.6. The van der Waals surface area contributed by atoms with Crippen molar-refractivity contribution in [3.05, 3.63) is 18.0 Å². The van der Waals surface area contributed by atoms with Crippen molar-refractivity contribution in [1.82, 2.24) is 14.9 Å². The van der Waals surface area contributed by atoms with Crippen molar-refractivity contribution >= 4 is 15.7 Å². The van der Waals surface area contributed by atoms with Crippen LogP contribution >= 0.6 is 0 Å². The van der Waals surface area contributed by atoms with Crippen LogP contribution in [-0.2, 0) is 9.84 Å². The van der Waals surface area contributed by atoms with Gasteiger partial charge < -0.3 is 4.90 Å². The van der Waals surface area contributed by atoms with Gasteiger partial charge >= 0.3 is 6.18 Å². The van der Waals surface area contributed by atoms with Gasteiger partial charge in [0.25, 0.3) is 5.91 Å². The van der Waals surface area contributed by atoms with Crippen LogP contribution in [0.2, 0.25) is 0 Å². The first-order valence-corrected chi connectivity index (χ1v) is 8.38. The number of halogens is 3. The molecular formula is C12H14F3N3O3S. The summed E-state index contributed by atoms with van der Waals surface area (Å²) in [6.45, 7) is -1.38. The van der Waals surface area contributed by atoms with Gasteiger partial charge in [-0.15, -0.1) is 0 Å². The minimum atomic E-state index is -4.53. The molecule has 1 aromatic rings. The highest BCUT2D eigenvalue weighted by Crippen LogP contribution is 2.29. The SMILES string of the molecule is CS(=O)(=O)c1nccc(C(=O)N(CC(F)(F)F)C2CCC2)n1. The zero-order valence-electron chi connectivity index (χ0n) is 11.7. The highest BCUT2D eigenvalue weighted by Gasteiger charge is 2.39. The molecule has 0 N–H and O–H groups in total. The molecule has 1 aliphatic carbocycles. The van der Waals surface area contributed by atoms with Gasteiger partial charge in [0.05, 0.1) is 0 Å². The molecule has 22 heavy (non-hydrogen) atoms. The van der Waals surface area contributed by atoms with Gasteiger partial charge in [-0.05, 0) is 25.3 Å². The van der Waals surface area contributed by atoms with E-state index >= 15 is 0 Å². The van der Waals surface area contributed by atoms with Gasteiger partial charge in [0.2, 0.25) is 15.0 Å². The highest BCUT2D eigenvalue weighted by molar-refractivity contribution is 7.90. The van der Waals surface area contributed by atoms with Gasteiger partial charge in [0.1, 0.15) is 12.2 Å². The molecular weight excluding hydrogens is 323 g/mol. The number of carbonyl (C=O) groups is 1. The fourth-order valence-electron chi connectivity index (χ4n) is 2.04. The molecule has 1 amide bonds. The summed E-state index contributed by atoms with van der Waals surface area (Å²) < 4.78 is 60.7. The third kappa shape index (κ3) is 3.93. The summed E-state index contributed by atoms with van der Waals surface area (Å²) in [4.78, 5) is 20.1. The lowest BCUT2D eigenvalue weighted by molar-refractivity contribution is -0.147. The molecule has 0 atom stereocenters. The molecule has 1 heterocycles. The average Bonchev–Trinajstić information content (AvgIpc) is 2.32. The van der Waals surface area contributed by atoms with Crippen molar-refractivity contribution < 1.29 is 26.4 Å². The van der Waals surface area contributed by atoms with E-state index < -0.39 is 39.7 Å². The van der Waals surface area contributed by atoms with E-state index in [1.807, 2.05) is 0 Å². The molecule has 0 bridgehead atoms. The fraction of sp³-hybridized carbons (Fsp3) is 0.583. The number of nitrogens with zero attached hydrogens (tertiary/aromatic N) is 3. The minimum absolute atomic E-state index is 0.355. The van der Waals surface area contributed by atoms with E-state index in [1.54, 1.807) is 0 Å². The zero-order chi connectivity index (χ0) is 16.5. The van der Waals surface area contributed by atoms with Gasteiger partial charge in [-0.3, -0.25) is 4.79 Å². The molecule has 1 aromatic heterocycles. The Balaban J connectivity index is 2.30. The summed E-state index contributed by atoms with van der Waals surface area (Å²) >= 11 is 0. The molecule has 122 valence electrons. The maximum Gasteiger partial charge on any atom is 0.406 e. The maximum absolute atomic E-state index is 12.6. The van der Waals surface area contributed by atoms with Crippen LogP contribution < -0.4 is 0 Å². The number of sulfone groups is 1. The number of hydrogen-bond donors (Lipinski definition) is 0.